The largest absolute Gasteiger partial charge is 1.00 e. The molecule has 0 aliphatic carbocycles. The number of benzene rings is 2. The van der Waals surface area contributed by atoms with Gasteiger partial charge >= 0.3 is 18.9 Å². The Kier molecular flexibility index (Phi) is 13.1. The number of carbonyl (C=O) groups is 1. The maximum Gasteiger partial charge on any atom is 1.00 e. The van der Waals surface area contributed by atoms with Gasteiger partial charge in [-0.1, -0.05) is 63.8 Å². The summed E-state index contributed by atoms with van der Waals surface area (Å²) in [5.41, 5.74) is 2.95. The Hall–Kier alpha value is -1.26. The molecule has 0 saturated heterocycles. The molecule has 2 aromatic carbocycles. The first-order valence-corrected chi connectivity index (χ1v) is 11.7. The van der Waals surface area contributed by atoms with Crippen LogP contribution in [0, 0.1) is 13.8 Å². The van der Waals surface area contributed by atoms with Crippen molar-refractivity contribution in [3.05, 3.63) is 53.1 Å². The van der Waals surface area contributed by atoms with E-state index in [9.17, 15) is 4.79 Å². The van der Waals surface area contributed by atoms with Crippen LogP contribution in [0.4, 0.5) is 0 Å². The van der Waals surface area contributed by atoms with Crippen LogP contribution in [0.3, 0.4) is 0 Å². The van der Waals surface area contributed by atoms with Gasteiger partial charge in [0.25, 0.3) is 0 Å². The fourth-order valence-corrected chi connectivity index (χ4v) is 4.26. The van der Waals surface area contributed by atoms with Crippen LogP contribution in [0.25, 0.3) is 0 Å². The molecule has 0 radical (unpaired) electrons. The van der Waals surface area contributed by atoms with Crippen molar-refractivity contribution in [3.8, 4) is 11.5 Å². The van der Waals surface area contributed by atoms with E-state index in [1.165, 1.54) is 12.8 Å². The van der Waals surface area contributed by atoms with E-state index in [2.05, 4.69) is 13.8 Å². The van der Waals surface area contributed by atoms with E-state index in [-0.39, 0.29) is 24.4 Å². The van der Waals surface area contributed by atoms with Crippen molar-refractivity contribution in [2.45, 2.75) is 66.2 Å². The van der Waals surface area contributed by atoms with Crippen molar-refractivity contribution in [3.63, 3.8) is 0 Å². The molecule has 0 bridgehead atoms. The number of carbonyl (C=O) groups excluding carboxylic acids is 1. The molecule has 0 spiro atoms. The Balaban J connectivity index is 0.00000450. The van der Waals surface area contributed by atoms with Gasteiger partial charge in [-0.05, 0) is 49.4 Å². The van der Waals surface area contributed by atoms with Crippen LogP contribution < -0.4 is 33.6 Å². The van der Waals surface area contributed by atoms with Crippen LogP contribution in [0.15, 0.2) is 36.4 Å². The average Bonchev–Trinajstić information content (AvgIpc) is 2.70. The van der Waals surface area contributed by atoms with Crippen molar-refractivity contribution in [1.29, 1.82) is 0 Å². The van der Waals surface area contributed by atoms with Crippen LogP contribution in [-0.4, -0.2) is 18.7 Å². The first-order chi connectivity index (χ1) is 14.1. The maximum absolute atomic E-state index is 13.0. The number of rotatable bonds is 13. The predicted molar refractivity (Wildman–Crippen MR) is 123 cm³/mol. The van der Waals surface area contributed by atoms with Gasteiger partial charge in [-0.25, -0.2) is 0 Å². The molecule has 30 heavy (non-hydrogen) atoms. The average molecular weight is 420 g/mol. The molecule has 0 unspecified atom stereocenters. The van der Waals surface area contributed by atoms with E-state index in [1.807, 2.05) is 50.2 Å². The van der Waals surface area contributed by atoms with Crippen molar-refractivity contribution < 1.29 is 33.1 Å². The van der Waals surface area contributed by atoms with E-state index in [0.717, 1.165) is 59.2 Å². The molecule has 5 heteroatoms. The number of hydrogen-bond acceptors (Lipinski definition) is 3. The SMILES string of the molecule is CCCCCOc1ccc([P-]C(=O)c2c(C)cccc2C)c(OCCCCC)c1.[Li+]. The quantitative estimate of drug-likeness (QED) is 0.281. The van der Waals surface area contributed by atoms with Crippen LogP contribution >= 0.6 is 8.58 Å². The smallest absolute Gasteiger partial charge is 0.496 e. The van der Waals surface area contributed by atoms with Gasteiger partial charge in [0.2, 0.25) is 0 Å². The Bertz CT molecular complexity index is 772. The van der Waals surface area contributed by atoms with Gasteiger partial charge in [-0.2, -0.15) is 5.30 Å². The Morgan fingerprint density at radius 3 is 2.07 bits per heavy atom. The third-order valence-corrected chi connectivity index (χ3v) is 5.91. The Morgan fingerprint density at radius 2 is 1.47 bits per heavy atom. The monoisotopic (exact) mass is 420 g/mol. The molecule has 0 N–H and O–H groups in total. The second-order valence-electron chi connectivity index (χ2n) is 7.42. The van der Waals surface area contributed by atoms with E-state index in [4.69, 9.17) is 9.47 Å². The van der Waals surface area contributed by atoms with Crippen LogP contribution in [0.1, 0.15) is 73.9 Å². The van der Waals surface area contributed by atoms with E-state index in [1.54, 1.807) is 0 Å². The van der Waals surface area contributed by atoms with Crippen LogP contribution in [-0.2, 0) is 0 Å². The molecule has 0 aromatic heterocycles. The topological polar surface area (TPSA) is 35.5 Å². The van der Waals surface area contributed by atoms with Crippen molar-refractivity contribution in [2.75, 3.05) is 13.2 Å². The molecule has 2 rings (SSSR count). The fraction of sp³-hybridized carbons (Fsp3) is 0.480. The maximum atomic E-state index is 13.0. The zero-order valence-electron chi connectivity index (χ0n) is 19.3. The minimum absolute atomic E-state index is 0. The number of ether oxygens (including phenoxy) is 2. The summed E-state index contributed by atoms with van der Waals surface area (Å²) in [5, 5.41) is 0.898. The van der Waals surface area contributed by atoms with Gasteiger partial charge in [0, 0.05) is 11.6 Å². The van der Waals surface area contributed by atoms with E-state index >= 15 is 0 Å². The molecular formula is C25H34LiO3P. The zero-order chi connectivity index (χ0) is 21.1. The molecule has 0 saturated carbocycles. The summed E-state index contributed by atoms with van der Waals surface area (Å²) >= 11 is 0. The van der Waals surface area contributed by atoms with E-state index in [0.29, 0.717) is 21.8 Å². The zero-order valence-corrected chi connectivity index (χ0v) is 20.2. The molecule has 2 aromatic rings. The molecule has 158 valence electrons. The van der Waals surface area contributed by atoms with Crippen molar-refractivity contribution in [2.24, 2.45) is 0 Å². The van der Waals surface area contributed by atoms with Crippen LogP contribution in [0.2, 0.25) is 0 Å². The van der Waals surface area contributed by atoms with Gasteiger partial charge in [-0.3, -0.25) is 0 Å². The molecular weight excluding hydrogens is 386 g/mol. The molecule has 0 atom stereocenters. The number of hydrogen-bond donors (Lipinski definition) is 0. The Labute approximate surface area is 196 Å². The number of aryl methyl sites for hydroxylation is 2. The van der Waals surface area contributed by atoms with Crippen LogP contribution in [0.5, 0.6) is 11.5 Å². The van der Waals surface area contributed by atoms with Gasteiger partial charge in [0.05, 0.1) is 19.0 Å². The summed E-state index contributed by atoms with van der Waals surface area (Å²) in [6.45, 7) is 9.71. The Morgan fingerprint density at radius 1 is 0.867 bits per heavy atom. The van der Waals surface area contributed by atoms with Crippen molar-refractivity contribution in [1.82, 2.24) is 0 Å². The summed E-state index contributed by atoms with van der Waals surface area (Å²) in [6.07, 6.45) is 6.70. The minimum atomic E-state index is 0. The summed E-state index contributed by atoms with van der Waals surface area (Å²) in [5.74, 6) is 1.57. The van der Waals surface area contributed by atoms with Gasteiger partial charge in [-0.15, -0.1) is 0 Å². The first-order valence-electron chi connectivity index (χ1n) is 10.8. The van der Waals surface area contributed by atoms with Gasteiger partial charge in [0.1, 0.15) is 5.75 Å². The standard InChI is InChI=1S/C25H34O3P.Li/c1-5-7-9-16-27-21-14-15-23(22(18-21)28-17-10-8-6-2)29-25(26)24-19(3)12-11-13-20(24)4;/h11-15,18H,5-10,16-17H2,1-4H3;/q-1;+1. The van der Waals surface area contributed by atoms with Crippen molar-refractivity contribution >= 4 is 19.4 Å². The molecule has 0 fully saturated rings. The second-order valence-corrected chi connectivity index (χ2v) is 8.54. The molecule has 0 aliphatic rings. The predicted octanol–water partition coefficient (Wildman–Crippen LogP) is 3.86. The van der Waals surface area contributed by atoms with Gasteiger partial charge in [0.15, 0.2) is 0 Å². The fourth-order valence-electron chi connectivity index (χ4n) is 3.19. The summed E-state index contributed by atoms with van der Waals surface area (Å²) in [6, 6.07) is 11.8. The molecule has 0 heterocycles. The normalized spacial score (nSPS) is 10.8. The molecule has 0 aliphatic heterocycles. The van der Waals surface area contributed by atoms with Gasteiger partial charge < -0.3 is 22.8 Å². The third-order valence-electron chi connectivity index (χ3n) is 4.87. The second kappa shape index (κ2) is 14.7. The molecule has 3 nitrogen and oxygen atoms in total. The minimum Gasteiger partial charge on any atom is -0.496 e. The molecule has 0 amide bonds. The first kappa shape index (κ1) is 26.8. The number of unbranched alkanes of at least 4 members (excludes halogenated alkanes) is 4. The summed E-state index contributed by atoms with van der Waals surface area (Å²) in [4.78, 5) is 13.0. The summed E-state index contributed by atoms with van der Waals surface area (Å²) in [7, 11) is 0.638. The van der Waals surface area contributed by atoms with E-state index < -0.39 is 0 Å². The summed E-state index contributed by atoms with van der Waals surface area (Å²) < 4.78 is 12.0. The third kappa shape index (κ3) is 8.47.